The summed E-state index contributed by atoms with van der Waals surface area (Å²) in [6.07, 6.45) is 0.921. The molecule has 1 fully saturated rings. The molecule has 1 aliphatic rings. The van der Waals surface area contributed by atoms with Crippen LogP contribution in [0.4, 0.5) is 0 Å². The van der Waals surface area contributed by atoms with E-state index in [-0.39, 0.29) is 17.4 Å². The standard InChI is InChI=1S/C18H21NO3S/c1-2-13-8-10-14(11-9-13)16-17(18(16,19)12-20)23(21,22)15-6-4-3-5-7-15/h3-11,16-17,20H,2,12,19H2,1H3/t16-,17-,18+/m1/s1. The zero-order valence-corrected chi connectivity index (χ0v) is 13.8. The lowest BCUT2D eigenvalue weighted by Crippen LogP contribution is -2.35. The number of hydrogen-bond donors (Lipinski definition) is 2. The van der Waals surface area contributed by atoms with Crippen LogP contribution >= 0.6 is 0 Å². The summed E-state index contributed by atoms with van der Waals surface area (Å²) in [6.45, 7) is 1.71. The molecule has 3 atom stereocenters. The second-order valence-electron chi connectivity index (χ2n) is 6.12. The molecule has 1 aliphatic carbocycles. The third kappa shape index (κ3) is 2.59. The highest BCUT2D eigenvalue weighted by molar-refractivity contribution is 7.92. The van der Waals surface area contributed by atoms with Gasteiger partial charge >= 0.3 is 0 Å². The van der Waals surface area contributed by atoms with E-state index in [1.165, 1.54) is 5.56 Å². The van der Waals surface area contributed by atoms with Crippen molar-refractivity contribution in [2.24, 2.45) is 5.73 Å². The number of aliphatic hydroxyl groups is 1. The lowest BCUT2D eigenvalue weighted by Gasteiger charge is -2.08. The van der Waals surface area contributed by atoms with Crippen molar-refractivity contribution in [1.82, 2.24) is 0 Å². The van der Waals surface area contributed by atoms with Crippen LogP contribution in [0.5, 0.6) is 0 Å². The minimum atomic E-state index is -3.58. The summed E-state index contributed by atoms with van der Waals surface area (Å²) in [4.78, 5) is 0.251. The third-order valence-electron chi connectivity index (χ3n) is 4.73. The van der Waals surface area contributed by atoms with Gasteiger partial charge in [-0.2, -0.15) is 0 Å². The molecule has 0 bridgehead atoms. The van der Waals surface area contributed by atoms with E-state index in [4.69, 9.17) is 5.73 Å². The van der Waals surface area contributed by atoms with Crippen LogP contribution in [-0.4, -0.2) is 30.9 Å². The highest BCUT2D eigenvalue weighted by atomic mass is 32.2. The summed E-state index contributed by atoms with van der Waals surface area (Å²) in [5.41, 5.74) is 7.16. The normalized spacial score (nSPS) is 26.9. The Morgan fingerprint density at radius 3 is 2.22 bits per heavy atom. The number of nitrogens with two attached hydrogens (primary N) is 1. The van der Waals surface area contributed by atoms with Crippen molar-refractivity contribution >= 4 is 9.84 Å². The highest BCUT2D eigenvalue weighted by Gasteiger charge is 2.68. The van der Waals surface area contributed by atoms with E-state index >= 15 is 0 Å². The molecule has 122 valence electrons. The molecule has 3 N–H and O–H groups in total. The molecule has 0 radical (unpaired) electrons. The van der Waals surface area contributed by atoms with Gasteiger partial charge < -0.3 is 10.8 Å². The lowest BCUT2D eigenvalue weighted by molar-refractivity contribution is 0.253. The second-order valence-corrected chi connectivity index (χ2v) is 8.19. The molecule has 3 rings (SSSR count). The first-order valence-electron chi connectivity index (χ1n) is 7.72. The predicted octanol–water partition coefficient (Wildman–Crippen LogP) is 1.88. The van der Waals surface area contributed by atoms with Gasteiger partial charge in [-0.1, -0.05) is 49.4 Å². The Morgan fingerprint density at radius 2 is 1.70 bits per heavy atom. The lowest BCUT2D eigenvalue weighted by atomic mass is 10.0. The Kier molecular flexibility index (Phi) is 4.04. The van der Waals surface area contributed by atoms with Gasteiger partial charge in [0.1, 0.15) is 0 Å². The molecule has 2 aromatic carbocycles. The molecule has 5 heteroatoms. The number of aliphatic hydroxyl groups excluding tert-OH is 1. The minimum absolute atomic E-state index is 0.251. The van der Waals surface area contributed by atoms with Crippen LogP contribution in [-0.2, 0) is 16.3 Å². The largest absolute Gasteiger partial charge is 0.394 e. The zero-order chi connectivity index (χ0) is 16.7. The summed E-state index contributed by atoms with van der Waals surface area (Å²) in [5.74, 6) is -0.386. The molecule has 23 heavy (non-hydrogen) atoms. The molecule has 0 unspecified atom stereocenters. The van der Waals surface area contributed by atoms with E-state index < -0.39 is 20.6 Å². The zero-order valence-electron chi connectivity index (χ0n) is 13.0. The SMILES string of the molecule is CCc1ccc([C@@H]2[C@@H](S(=O)(=O)c3ccccc3)[C@]2(N)CO)cc1. The van der Waals surface area contributed by atoms with E-state index in [1.807, 2.05) is 24.3 Å². The maximum Gasteiger partial charge on any atom is 0.183 e. The van der Waals surface area contributed by atoms with E-state index in [2.05, 4.69) is 6.92 Å². The van der Waals surface area contributed by atoms with Gasteiger partial charge in [-0.05, 0) is 29.7 Å². The summed E-state index contributed by atoms with van der Waals surface area (Å²) in [7, 11) is -3.58. The maximum atomic E-state index is 12.9. The Morgan fingerprint density at radius 1 is 1.09 bits per heavy atom. The fourth-order valence-electron chi connectivity index (χ4n) is 3.28. The molecular formula is C18H21NO3S. The summed E-state index contributed by atoms with van der Waals surface area (Å²) in [6, 6.07) is 16.1. The summed E-state index contributed by atoms with van der Waals surface area (Å²) in [5, 5.41) is 8.89. The summed E-state index contributed by atoms with van der Waals surface area (Å²) >= 11 is 0. The van der Waals surface area contributed by atoms with E-state index in [9.17, 15) is 13.5 Å². The van der Waals surface area contributed by atoms with Crippen molar-refractivity contribution < 1.29 is 13.5 Å². The summed E-state index contributed by atoms with van der Waals surface area (Å²) < 4.78 is 25.8. The van der Waals surface area contributed by atoms with Crippen molar-refractivity contribution in [3.8, 4) is 0 Å². The van der Waals surface area contributed by atoms with Crippen molar-refractivity contribution in [2.45, 2.75) is 34.9 Å². The molecule has 0 heterocycles. The van der Waals surface area contributed by atoms with Crippen LogP contribution in [0.2, 0.25) is 0 Å². The first kappa shape index (κ1) is 16.2. The maximum absolute atomic E-state index is 12.9. The number of rotatable bonds is 5. The molecule has 0 amide bonds. The van der Waals surface area contributed by atoms with Gasteiger partial charge in [0.25, 0.3) is 0 Å². The van der Waals surface area contributed by atoms with Crippen LogP contribution in [0.1, 0.15) is 24.0 Å². The fourth-order valence-corrected chi connectivity index (χ4v) is 5.60. The van der Waals surface area contributed by atoms with Crippen LogP contribution in [0.3, 0.4) is 0 Å². The minimum Gasteiger partial charge on any atom is -0.394 e. The Hall–Kier alpha value is -1.69. The number of benzene rings is 2. The van der Waals surface area contributed by atoms with Crippen LogP contribution in [0, 0.1) is 0 Å². The molecule has 0 spiro atoms. The second kappa shape index (κ2) is 5.74. The number of hydrogen-bond acceptors (Lipinski definition) is 4. The van der Waals surface area contributed by atoms with Gasteiger partial charge in [-0.25, -0.2) is 8.42 Å². The highest BCUT2D eigenvalue weighted by Crippen LogP contribution is 2.55. The van der Waals surface area contributed by atoms with Gasteiger partial charge in [-0.15, -0.1) is 0 Å². The van der Waals surface area contributed by atoms with Gasteiger partial charge in [0.15, 0.2) is 9.84 Å². The van der Waals surface area contributed by atoms with E-state index in [0.717, 1.165) is 12.0 Å². The molecule has 0 saturated heterocycles. The first-order valence-corrected chi connectivity index (χ1v) is 9.27. The van der Waals surface area contributed by atoms with Crippen molar-refractivity contribution in [3.05, 3.63) is 65.7 Å². The van der Waals surface area contributed by atoms with Gasteiger partial charge in [0, 0.05) is 5.92 Å². The fraction of sp³-hybridized carbons (Fsp3) is 0.333. The van der Waals surface area contributed by atoms with Crippen molar-refractivity contribution in [3.63, 3.8) is 0 Å². The van der Waals surface area contributed by atoms with Crippen LogP contribution in [0.25, 0.3) is 0 Å². The van der Waals surface area contributed by atoms with Gasteiger partial charge in [0.2, 0.25) is 0 Å². The molecule has 2 aromatic rings. The van der Waals surface area contributed by atoms with Crippen molar-refractivity contribution in [2.75, 3.05) is 6.61 Å². The quantitative estimate of drug-likeness (QED) is 0.876. The molecule has 1 saturated carbocycles. The molecule has 0 aliphatic heterocycles. The topological polar surface area (TPSA) is 80.4 Å². The van der Waals surface area contributed by atoms with E-state index in [1.54, 1.807) is 30.3 Å². The van der Waals surface area contributed by atoms with Crippen molar-refractivity contribution in [1.29, 1.82) is 0 Å². The average Bonchev–Trinajstić information content (AvgIpc) is 3.23. The van der Waals surface area contributed by atoms with Gasteiger partial charge in [-0.3, -0.25) is 0 Å². The monoisotopic (exact) mass is 331 g/mol. The molecular weight excluding hydrogens is 310 g/mol. The molecule has 0 aromatic heterocycles. The van der Waals surface area contributed by atoms with Crippen LogP contribution < -0.4 is 5.73 Å². The predicted molar refractivity (Wildman–Crippen MR) is 90.0 cm³/mol. The Balaban J connectivity index is 1.98. The Labute approximate surface area is 136 Å². The van der Waals surface area contributed by atoms with Gasteiger partial charge in [0.05, 0.1) is 22.3 Å². The number of aryl methyl sites for hydroxylation is 1. The van der Waals surface area contributed by atoms with Crippen LogP contribution in [0.15, 0.2) is 59.5 Å². The first-order chi connectivity index (χ1) is 10.9. The molecule has 4 nitrogen and oxygen atoms in total. The number of sulfone groups is 1. The third-order valence-corrected chi connectivity index (χ3v) is 7.04. The van der Waals surface area contributed by atoms with E-state index in [0.29, 0.717) is 0 Å². The smallest absolute Gasteiger partial charge is 0.183 e. The average molecular weight is 331 g/mol. The Bertz CT molecular complexity index is 787.